The summed E-state index contributed by atoms with van der Waals surface area (Å²) >= 11 is 0. The molecule has 3 rings (SSSR count). The Hall–Kier alpha value is -3.37. The largest absolute Gasteiger partial charge is 0.432 e. The topological polar surface area (TPSA) is 90.5 Å². The number of benzene rings is 1. The Morgan fingerprint density at radius 3 is 2.81 bits per heavy atom. The highest BCUT2D eigenvalue weighted by Gasteiger charge is 2.16. The summed E-state index contributed by atoms with van der Waals surface area (Å²) in [5.41, 5.74) is -0.188. The highest BCUT2D eigenvalue weighted by Crippen LogP contribution is 2.23. The molecule has 0 aliphatic rings. The van der Waals surface area contributed by atoms with Gasteiger partial charge in [0, 0.05) is 12.4 Å². The summed E-state index contributed by atoms with van der Waals surface area (Å²) in [5.74, 6) is -1.95. The van der Waals surface area contributed by atoms with Crippen molar-refractivity contribution in [1.29, 1.82) is 0 Å². The summed E-state index contributed by atoms with van der Waals surface area (Å²) in [6.07, 6.45) is 2.94. The van der Waals surface area contributed by atoms with Crippen molar-refractivity contribution in [1.82, 2.24) is 24.5 Å². The van der Waals surface area contributed by atoms with Gasteiger partial charge in [-0.25, -0.2) is 23.3 Å². The lowest BCUT2D eigenvalue weighted by Gasteiger charge is -2.15. The number of nitrogens with one attached hydrogen (secondary N) is 1. The molecule has 0 bridgehead atoms. The van der Waals surface area contributed by atoms with E-state index in [1.807, 2.05) is 0 Å². The van der Waals surface area contributed by atoms with Crippen LogP contribution in [-0.4, -0.2) is 31.7 Å². The van der Waals surface area contributed by atoms with Crippen LogP contribution in [-0.2, 0) is 11.3 Å². The Morgan fingerprint density at radius 1 is 1.37 bits per heavy atom. The average molecular weight is 381 g/mol. The number of fused-ring (bicyclic) bond motifs is 1. The van der Waals surface area contributed by atoms with Gasteiger partial charge in [0.15, 0.2) is 11.6 Å². The van der Waals surface area contributed by atoms with E-state index in [0.29, 0.717) is 5.56 Å². The maximum absolute atomic E-state index is 13.8. The van der Waals surface area contributed by atoms with Crippen molar-refractivity contribution in [3.8, 4) is 5.75 Å². The second-order valence-electron chi connectivity index (χ2n) is 5.59. The van der Waals surface area contributed by atoms with Crippen molar-refractivity contribution < 1.29 is 22.7 Å². The monoisotopic (exact) mass is 381 g/mol. The Kier molecular flexibility index (Phi) is 5.10. The Labute approximate surface area is 150 Å². The molecule has 1 aromatic carbocycles. The fraction of sp³-hybridized carbons (Fsp3) is 0.250. The van der Waals surface area contributed by atoms with Crippen LogP contribution in [0.1, 0.15) is 18.5 Å². The van der Waals surface area contributed by atoms with E-state index in [1.54, 1.807) is 13.0 Å². The van der Waals surface area contributed by atoms with Gasteiger partial charge in [0.1, 0.15) is 6.54 Å². The first kappa shape index (κ1) is 18.4. The second kappa shape index (κ2) is 7.48. The smallest absolute Gasteiger partial charge is 0.387 e. The van der Waals surface area contributed by atoms with Crippen molar-refractivity contribution >= 4 is 11.7 Å². The zero-order chi connectivity index (χ0) is 19.6. The van der Waals surface area contributed by atoms with Crippen LogP contribution in [0.5, 0.6) is 5.75 Å². The predicted octanol–water partition coefficient (Wildman–Crippen LogP) is 1.51. The number of carbonyl (C=O) groups excluding carboxylic acids is 1. The summed E-state index contributed by atoms with van der Waals surface area (Å²) in [5, 5.41) is 6.51. The van der Waals surface area contributed by atoms with E-state index < -0.39 is 35.8 Å². The van der Waals surface area contributed by atoms with Crippen LogP contribution < -0.4 is 15.7 Å². The van der Waals surface area contributed by atoms with Crippen LogP contribution in [0.3, 0.4) is 0 Å². The van der Waals surface area contributed by atoms with Gasteiger partial charge >= 0.3 is 12.3 Å². The molecule has 3 aromatic rings. The zero-order valence-corrected chi connectivity index (χ0v) is 14.0. The molecule has 1 amide bonds. The summed E-state index contributed by atoms with van der Waals surface area (Å²) in [6.45, 7) is -1.92. The van der Waals surface area contributed by atoms with Gasteiger partial charge in [0.25, 0.3) is 5.78 Å². The second-order valence-corrected chi connectivity index (χ2v) is 5.59. The van der Waals surface area contributed by atoms with Gasteiger partial charge in [-0.2, -0.15) is 8.78 Å². The summed E-state index contributed by atoms with van der Waals surface area (Å²) in [6, 6.07) is 4.31. The van der Waals surface area contributed by atoms with E-state index in [2.05, 4.69) is 20.1 Å². The minimum Gasteiger partial charge on any atom is -0.432 e. The third kappa shape index (κ3) is 4.07. The van der Waals surface area contributed by atoms with Crippen molar-refractivity contribution in [2.24, 2.45) is 0 Å². The number of carbonyl (C=O) groups is 1. The Morgan fingerprint density at radius 2 is 2.15 bits per heavy atom. The normalized spacial score (nSPS) is 12.3. The summed E-state index contributed by atoms with van der Waals surface area (Å²) < 4.78 is 44.3. The number of hydrogen-bond donors (Lipinski definition) is 1. The van der Waals surface area contributed by atoms with E-state index in [9.17, 15) is 22.8 Å². The molecule has 1 N–H and O–H groups in total. The van der Waals surface area contributed by atoms with Crippen LogP contribution in [0.2, 0.25) is 0 Å². The van der Waals surface area contributed by atoms with Crippen molar-refractivity contribution in [2.45, 2.75) is 26.1 Å². The lowest BCUT2D eigenvalue weighted by Crippen LogP contribution is -2.34. The van der Waals surface area contributed by atoms with E-state index in [4.69, 9.17) is 0 Å². The number of ether oxygens (including phenoxy) is 1. The molecular weight excluding hydrogens is 367 g/mol. The molecule has 142 valence electrons. The third-order valence-corrected chi connectivity index (χ3v) is 3.71. The molecule has 1 atom stereocenters. The van der Waals surface area contributed by atoms with Gasteiger partial charge in [0.2, 0.25) is 5.91 Å². The SMILES string of the molecule is C[C@H](NC(=O)Cn1nc2ncccn2c1=O)c1ccc(OC(F)F)c(F)c1. The van der Waals surface area contributed by atoms with Gasteiger partial charge in [-0.15, -0.1) is 5.10 Å². The average Bonchev–Trinajstić information content (AvgIpc) is 2.92. The first-order valence-electron chi connectivity index (χ1n) is 7.79. The van der Waals surface area contributed by atoms with Crippen molar-refractivity contribution in [2.75, 3.05) is 0 Å². The molecule has 0 radical (unpaired) electrons. The van der Waals surface area contributed by atoms with Crippen molar-refractivity contribution in [3.05, 3.63) is 58.5 Å². The van der Waals surface area contributed by atoms with E-state index in [0.717, 1.165) is 16.8 Å². The van der Waals surface area contributed by atoms with Crippen LogP contribution in [0.15, 0.2) is 41.5 Å². The predicted molar refractivity (Wildman–Crippen MR) is 86.8 cm³/mol. The first-order valence-corrected chi connectivity index (χ1v) is 7.79. The van der Waals surface area contributed by atoms with E-state index >= 15 is 0 Å². The zero-order valence-electron chi connectivity index (χ0n) is 14.0. The lowest BCUT2D eigenvalue weighted by atomic mass is 10.1. The number of halogens is 3. The van der Waals surface area contributed by atoms with Gasteiger partial charge < -0.3 is 10.1 Å². The summed E-state index contributed by atoms with van der Waals surface area (Å²) in [4.78, 5) is 28.2. The molecule has 0 saturated heterocycles. The molecule has 0 aliphatic heterocycles. The maximum atomic E-state index is 13.8. The molecule has 0 aliphatic carbocycles. The quantitative estimate of drug-likeness (QED) is 0.699. The number of aromatic nitrogens is 4. The van der Waals surface area contributed by atoms with Crippen LogP contribution in [0.25, 0.3) is 5.78 Å². The number of rotatable bonds is 6. The molecule has 0 spiro atoms. The fourth-order valence-corrected chi connectivity index (χ4v) is 2.45. The maximum Gasteiger partial charge on any atom is 0.387 e. The third-order valence-electron chi connectivity index (χ3n) is 3.71. The molecule has 2 aromatic heterocycles. The van der Waals surface area contributed by atoms with Crippen LogP contribution in [0, 0.1) is 5.82 Å². The van der Waals surface area contributed by atoms with Crippen molar-refractivity contribution in [3.63, 3.8) is 0 Å². The number of hydrogen-bond acceptors (Lipinski definition) is 5. The number of amides is 1. The van der Waals surface area contributed by atoms with Gasteiger partial charge in [-0.05, 0) is 30.7 Å². The highest BCUT2D eigenvalue weighted by atomic mass is 19.3. The van der Waals surface area contributed by atoms with Gasteiger partial charge in [-0.3, -0.25) is 4.79 Å². The molecule has 8 nitrogen and oxygen atoms in total. The highest BCUT2D eigenvalue weighted by molar-refractivity contribution is 5.76. The molecule has 27 heavy (non-hydrogen) atoms. The molecule has 0 saturated carbocycles. The number of alkyl halides is 2. The summed E-state index contributed by atoms with van der Waals surface area (Å²) in [7, 11) is 0. The molecular formula is C16H14F3N5O3. The van der Waals surface area contributed by atoms with E-state index in [-0.39, 0.29) is 12.3 Å². The van der Waals surface area contributed by atoms with Gasteiger partial charge in [-0.1, -0.05) is 6.07 Å². The number of nitrogens with zero attached hydrogens (tertiary/aromatic N) is 4. The molecule has 0 fully saturated rings. The molecule has 11 heteroatoms. The lowest BCUT2D eigenvalue weighted by molar-refractivity contribution is -0.122. The van der Waals surface area contributed by atoms with Crippen LogP contribution in [0.4, 0.5) is 13.2 Å². The van der Waals surface area contributed by atoms with Crippen LogP contribution >= 0.6 is 0 Å². The standard InChI is InChI=1S/C16H14F3N5O3/c1-9(10-3-4-12(11(17)7-10)27-14(18)19)21-13(25)8-24-16(26)23-6-2-5-20-15(23)22-24/h2-7,9,14H,8H2,1H3,(H,21,25)/t9-/m0/s1. The first-order chi connectivity index (χ1) is 12.8. The minimum absolute atomic E-state index is 0.153. The molecule has 2 heterocycles. The van der Waals surface area contributed by atoms with Gasteiger partial charge in [0.05, 0.1) is 6.04 Å². The Bertz CT molecular complexity index is 1030. The van der Waals surface area contributed by atoms with E-state index in [1.165, 1.54) is 22.9 Å². The fourth-order valence-electron chi connectivity index (χ4n) is 2.45. The Balaban J connectivity index is 1.69. The molecule has 0 unspecified atom stereocenters. The minimum atomic E-state index is -3.14.